The van der Waals surface area contributed by atoms with Crippen LogP contribution in [0, 0.1) is 0 Å². The van der Waals surface area contributed by atoms with Crippen LogP contribution < -0.4 is 22.1 Å². The van der Waals surface area contributed by atoms with Gasteiger partial charge in [0.05, 0.1) is 5.56 Å². The van der Waals surface area contributed by atoms with E-state index in [1.807, 2.05) is 0 Å². The van der Waals surface area contributed by atoms with Gasteiger partial charge < -0.3 is 27.2 Å². The summed E-state index contributed by atoms with van der Waals surface area (Å²) in [6, 6.07) is 29.8. The van der Waals surface area contributed by atoms with E-state index in [9.17, 15) is 24.3 Å². The van der Waals surface area contributed by atoms with E-state index in [4.69, 9.17) is 11.5 Å². The number of phenols is 1. The van der Waals surface area contributed by atoms with Crippen LogP contribution in [0.1, 0.15) is 52.6 Å². The fourth-order valence-electron chi connectivity index (χ4n) is 4.28. The minimum absolute atomic E-state index is 0.0379. The first-order chi connectivity index (χ1) is 20.7. The molecule has 5 rings (SSSR count). The molecule has 9 nitrogen and oxygen atoms in total. The van der Waals surface area contributed by atoms with Crippen molar-refractivity contribution in [1.29, 1.82) is 0 Å². The molecule has 0 aliphatic carbocycles. The third-order valence-corrected chi connectivity index (χ3v) is 6.66. The zero-order valence-electron chi connectivity index (χ0n) is 22.7. The van der Waals surface area contributed by atoms with E-state index >= 15 is 0 Å². The highest BCUT2D eigenvalue weighted by Crippen LogP contribution is 2.23. The van der Waals surface area contributed by atoms with Gasteiger partial charge in [0.25, 0.3) is 11.8 Å². The lowest BCUT2D eigenvalue weighted by molar-refractivity contribution is 0.101. The molecule has 9 heteroatoms. The molecule has 7 N–H and O–H groups in total. The van der Waals surface area contributed by atoms with Crippen LogP contribution in [0.25, 0.3) is 0 Å². The lowest BCUT2D eigenvalue weighted by Crippen LogP contribution is -2.15. The monoisotopic (exact) mass is 570 g/mol. The lowest BCUT2D eigenvalue weighted by Gasteiger charge is -2.10. The number of rotatable bonds is 8. The summed E-state index contributed by atoms with van der Waals surface area (Å²) >= 11 is 0. The molecule has 212 valence electrons. The third-order valence-electron chi connectivity index (χ3n) is 6.66. The predicted octanol–water partition coefficient (Wildman–Crippen LogP) is 5.52. The standard InChI is InChI=1S/C34H26N4O5/c35-25-10-1-20(2-11-25)31(40)22-5-14-27(15-6-22)37-33(42)24-9-18-29(30(39)19-24)34(43)38-28-16-7-23(8-17-28)32(41)21-3-12-26(36)13-4-21/h1-19,39H,35-36H2,(H,37,42)(H,38,43). The molecule has 0 radical (unpaired) electrons. The van der Waals surface area contributed by atoms with E-state index in [1.54, 1.807) is 97.1 Å². The van der Waals surface area contributed by atoms with Gasteiger partial charge in [-0.05, 0) is 115 Å². The van der Waals surface area contributed by atoms with Crippen molar-refractivity contribution in [2.45, 2.75) is 0 Å². The van der Waals surface area contributed by atoms with Crippen molar-refractivity contribution >= 4 is 46.1 Å². The number of nitrogens with two attached hydrogens (primary N) is 2. The highest BCUT2D eigenvalue weighted by molar-refractivity contribution is 6.11. The topological polar surface area (TPSA) is 165 Å². The van der Waals surface area contributed by atoms with Crippen LogP contribution in [0.4, 0.5) is 22.7 Å². The van der Waals surface area contributed by atoms with Crippen LogP contribution in [0.5, 0.6) is 5.75 Å². The highest BCUT2D eigenvalue weighted by Gasteiger charge is 2.16. The van der Waals surface area contributed by atoms with Crippen molar-refractivity contribution in [2.75, 3.05) is 22.1 Å². The van der Waals surface area contributed by atoms with Crippen LogP contribution in [-0.4, -0.2) is 28.5 Å². The first-order valence-corrected chi connectivity index (χ1v) is 13.1. The van der Waals surface area contributed by atoms with Gasteiger partial charge in [-0.1, -0.05) is 0 Å². The first kappa shape index (κ1) is 28.3. The van der Waals surface area contributed by atoms with E-state index in [0.717, 1.165) is 0 Å². The lowest BCUT2D eigenvalue weighted by atomic mass is 10.0. The van der Waals surface area contributed by atoms with Gasteiger partial charge in [0.1, 0.15) is 5.75 Å². The summed E-state index contributed by atoms with van der Waals surface area (Å²) in [5.41, 5.74) is 15.3. The molecule has 0 aliphatic rings. The number of aromatic hydroxyl groups is 1. The van der Waals surface area contributed by atoms with Crippen LogP contribution in [-0.2, 0) is 0 Å². The van der Waals surface area contributed by atoms with Crippen LogP contribution in [0.2, 0.25) is 0 Å². The largest absolute Gasteiger partial charge is 0.507 e. The predicted molar refractivity (Wildman–Crippen MR) is 165 cm³/mol. The summed E-state index contributed by atoms with van der Waals surface area (Å²) in [5, 5.41) is 15.9. The van der Waals surface area contributed by atoms with Crippen LogP contribution >= 0.6 is 0 Å². The van der Waals surface area contributed by atoms with Gasteiger partial charge >= 0.3 is 0 Å². The molecule has 5 aromatic carbocycles. The number of carbonyl (C=O) groups is 4. The number of ketones is 2. The van der Waals surface area contributed by atoms with Crippen LogP contribution in [0.3, 0.4) is 0 Å². The number of nitrogen functional groups attached to an aromatic ring is 2. The second kappa shape index (κ2) is 12.1. The zero-order chi connectivity index (χ0) is 30.5. The third kappa shape index (κ3) is 6.58. The average Bonchev–Trinajstić information content (AvgIpc) is 3.01. The van der Waals surface area contributed by atoms with E-state index in [-0.39, 0.29) is 28.4 Å². The van der Waals surface area contributed by atoms with E-state index in [2.05, 4.69) is 10.6 Å². The maximum absolute atomic E-state index is 12.8. The Morgan fingerprint density at radius 1 is 0.465 bits per heavy atom. The number of amides is 2. The SMILES string of the molecule is Nc1ccc(C(=O)c2ccc(NC(=O)c3ccc(C(=O)Nc4ccc(C(=O)c5ccc(N)cc5)cc4)c(O)c3)cc2)cc1. The van der Waals surface area contributed by atoms with Crippen molar-refractivity contribution in [3.05, 3.63) is 149 Å². The zero-order valence-corrected chi connectivity index (χ0v) is 22.7. The second-order valence-electron chi connectivity index (χ2n) is 9.70. The summed E-state index contributed by atoms with van der Waals surface area (Å²) in [4.78, 5) is 50.9. The maximum atomic E-state index is 12.8. The van der Waals surface area contributed by atoms with Gasteiger partial charge in [-0.3, -0.25) is 19.2 Å². The van der Waals surface area contributed by atoms with Gasteiger partial charge in [-0.15, -0.1) is 0 Å². The number of carbonyl (C=O) groups excluding carboxylic acids is 4. The number of hydrogen-bond donors (Lipinski definition) is 5. The quantitative estimate of drug-likeness (QED) is 0.121. The number of anilines is 4. The molecule has 0 atom stereocenters. The molecular weight excluding hydrogens is 544 g/mol. The molecule has 0 saturated heterocycles. The molecule has 0 spiro atoms. The summed E-state index contributed by atoms with van der Waals surface area (Å²) in [5.74, 6) is -1.86. The molecule has 43 heavy (non-hydrogen) atoms. The van der Waals surface area contributed by atoms with Crippen molar-refractivity contribution in [3.63, 3.8) is 0 Å². The maximum Gasteiger partial charge on any atom is 0.259 e. The minimum Gasteiger partial charge on any atom is -0.507 e. The van der Waals surface area contributed by atoms with Gasteiger partial charge in [0.2, 0.25) is 0 Å². The Bertz CT molecular complexity index is 1830. The molecule has 0 unspecified atom stereocenters. The Balaban J connectivity index is 1.20. The van der Waals surface area contributed by atoms with E-state index in [1.165, 1.54) is 18.2 Å². The molecule has 0 saturated carbocycles. The molecule has 0 fully saturated rings. The fraction of sp³-hybridized carbons (Fsp3) is 0. The second-order valence-corrected chi connectivity index (χ2v) is 9.70. The van der Waals surface area contributed by atoms with Gasteiger partial charge in [-0.25, -0.2) is 0 Å². The Hall–Kier alpha value is -6.22. The number of hydrogen-bond acceptors (Lipinski definition) is 7. The average molecular weight is 571 g/mol. The number of phenolic OH excluding ortho intramolecular Hbond substituents is 1. The fourth-order valence-corrected chi connectivity index (χ4v) is 4.28. The normalized spacial score (nSPS) is 10.5. The molecule has 0 bridgehead atoms. The van der Waals surface area contributed by atoms with Gasteiger partial charge in [0, 0.05) is 50.6 Å². The summed E-state index contributed by atoms with van der Waals surface area (Å²) in [6.45, 7) is 0. The van der Waals surface area contributed by atoms with Crippen molar-refractivity contribution in [3.8, 4) is 5.75 Å². The van der Waals surface area contributed by atoms with Crippen LogP contribution in [0.15, 0.2) is 115 Å². The number of benzene rings is 5. The Labute approximate surface area is 246 Å². The number of nitrogens with one attached hydrogen (secondary N) is 2. The van der Waals surface area contributed by atoms with E-state index < -0.39 is 11.8 Å². The van der Waals surface area contributed by atoms with Crippen molar-refractivity contribution in [1.82, 2.24) is 0 Å². The summed E-state index contributed by atoms with van der Waals surface area (Å²) in [6.07, 6.45) is 0. The highest BCUT2D eigenvalue weighted by atomic mass is 16.3. The van der Waals surface area contributed by atoms with Crippen molar-refractivity contribution in [2.24, 2.45) is 0 Å². The van der Waals surface area contributed by atoms with Gasteiger partial charge in [0.15, 0.2) is 11.6 Å². The smallest absolute Gasteiger partial charge is 0.259 e. The van der Waals surface area contributed by atoms with Crippen molar-refractivity contribution < 1.29 is 24.3 Å². The molecule has 5 aromatic rings. The molecule has 0 heterocycles. The molecule has 2 amide bonds. The van der Waals surface area contributed by atoms with Gasteiger partial charge in [-0.2, -0.15) is 0 Å². The Morgan fingerprint density at radius 2 is 0.814 bits per heavy atom. The Kier molecular flexibility index (Phi) is 7.97. The first-order valence-electron chi connectivity index (χ1n) is 13.1. The summed E-state index contributed by atoms with van der Waals surface area (Å²) in [7, 11) is 0. The molecular formula is C34H26N4O5. The minimum atomic E-state index is -0.594. The van der Waals surface area contributed by atoms with E-state index in [0.29, 0.717) is 45.0 Å². The molecule has 0 aliphatic heterocycles. The Morgan fingerprint density at radius 3 is 1.21 bits per heavy atom. The molecule has 0 aromatic heterocycles. The summed E-state index contributed by atoms with van der Waals surface area (Å²) < 4.78 is 0.